The van der Waals surface area contributed by atoms with Gasteiger partial charge in [-0.2, -0.15) is 9.61 Å². The van der Waals surface area contributed by atoms with Gasteiger partial charge in [-0.05, 0) is 48.4 Å². The van der Waals surface area contributed by atoms with Crippen molar-refractivity contribution in [3.8, 4) is 17.0 Å². The molecule has 1 aliphatic carbocycles. The Labute approximate surface area is 216 Å². The number of fused-ring (bicyclic) bond motifs is 1. The van der Waals surface area contributed by atoms with E-state index in [1.807, 2.05) is 13.0 Å². The van der Waals surface area contributed by atoms with Crippen LogP contribution >= 0.6 is 0 Å². The van der Waals surface area contributed by atoms with Gasteiger partial charge in [0.15, 0.2) is 0 Å². The van der Waals surface area contributed by atoms with Crippen LogP contribution in [0, 0.1) is 17.6 Å². The number of amides is 1. The minimum Gasteiger partial charge on any atom is -0.508 e. The van der Waals surface area contributed by atoms with E-state index in [0.717, 1.165) is 24.1 Å². The lowest BCUT2D eigenvalue weighted by Crippen LogP contribution is -2.54. The van der Waals surface area contributed by atoms with Gasteiger partial charge in [-0.25, -0.2) is 18.6 Å². The van der Waals surface area contributed by atoms with Crippen molar-refractivity contribution in [2.45, 2.75) is 37.8 Å². The van der Waals surface area contributed by atoms with E-state index in [1.54, 1.807) is 24.7 Å². The van der Waals surface area contributed by atoms with E-state index in [0.29, 0.717) is 23.6 Å². The van der Waals surface area contributed by atoms with Gasteiger partial charge in [0.2, 0.25) is 5.95 Å². The number of hydrogen-bond donors (Lipinski definition) is 4. The lowest BCUT2D eigenvalue weighted by atomic mass is 9.73. The number of anilines is 2. The SMILES string of the molecule is COC(=O)N[C@@H]1[C@H](N)C[C@H](c2ccncc2Nc2ncc3ccc(-c4c(F)cc(O)cc4F)nn23)C[C@@H]1C. The average Bonchev–Trinajstić information content (AvgIpc) is 3.27. The standard InChI is InChI=1S/C26H27F2N7O3/c1-13-7-14(8-20(29)24(13)33-26(37)38-2)17-5-6-30-12-22(17)32-25-31-11-15-3-4-21(34-35(15)25)23-18(27)9-16(36)10-19(23)28/h3-6,9-14,20,24,36H,7-8,29H2,1-2H3,(H,31,32)(H,33,37)/t13-,14+,20+,24-/m0/s1. The first-order valence-corrected chi connectivity index (χ1v) is 12.1. The van der Waals surface area contributed by atoms with Crippen LogP contribution in [0.4, 0.5) is 25.2 Å². The fourth-order valence-electron chi connectivity index (χ4n) is 5.18. The Hall–Kier alpha value is -4.32. The largest absolute Gasteiger partial charge is 0.508 e. The summed E-state index contributed by atoms with van der Waals surface area (Å²) in [6.07, 6.45) is 5.85. The molecule has 4 aromatic rings. The predicted molar refractivity (Wildman–Crippen MR) is 136 cm³/mol. The van der Waals surface area contributed by atoms with E-state index >= 15 is 0 Å². The minimum absolute atomic E-state index is 0.0381. The molecule has 0 spiro atoms. The number of benzene rings is 1. The van der Waals surface area contributed by atoms with Gasteiger partial charge >= 0.3 is 6.09 Å². The number of carbonyl (C=O) groups is 1. The van der Waals surface area contributed by atoms with Crippen molar-refractivity contribution in [2.24, 2.45) is 11.7 Å². The minimum atomic E-state index is -0.929. The van der Waals surface area contributed by atoms with Gasteiger partial charge in [0.05, 0.1) is 42.0 Å². The van der Waals surface area contributed by atoms with Crippen LogP contribution in [-0.4, -0.2) is 50.0 Å². The molecule has 12 heteroatoms. The molecule has 1 aromatic carbocycles. The van der Waals surface area contributed by atoms with Gasteiger partial charge in [-0.3, -0.25) is 4.98 Å². The highest BCUT2D eigenvalue weighted by Gasteiger charge is 2.36. The summed E-state index contributed by atoms with van der Waals surface area (Å²) in [5.41, 5.74) is 8.41. The molecule has 5 rings (SSSR count). The third-order valence-corrected chi connectivity index (χ3v) is 6.97. The second-order valence-electron chi connectivity index (χ2n) is 9.48. The quantitative estimate of drug-likeness (QED) is 0.307. The van der Waals surface area contributed by atoms with Gasteiger partial charge in [-0.1, -0.05) is 6.92 Å². The van der Waals surface area contributed by atoms with Crippen molar-refractivity contribution in [1.82, 2.24) is 24.9 Å². The maximum absolute atomic E-state index is 14.5. The molecular weight excluding hydrogens is 496 g/mol. The number of imidazole rings is 1. The summed E-state index contributed by atoms with van der Waals surface area (Å²) in [5.74, 6) is -1.87. The molecule has 198 valence electrons. The van der Waals surface area contributed by atoms with E-state index in [1.165, 1.54) is 17.7 Å². The molecule has 5 N–H and O–H groups in total. The van der Waals surface area contributed by atoms with Crippen LogP contribution in [0.3, 0.4) is 0 Å². The Morgan fingerprint density at radius 2 is 1.95 bits per heavy atom. The highest BCUT2D eigenvalue weighted by Crippen LogP contribution is 2.39. The van der Waals surface area contributed by atoms with E-state index in [2.05, 4.69) is 25.7 Å². The number of pyridine rings is 1. The highest BCUT2D eigenvalue weighted by atomic mass is 19.1. The Balaban J connectivity index is 1.44. The summed E-state index contributed by atoms with van der Waals surface area (Å²) in [4.78, 5) is 20.4. The van der Waals surface area contributed by atoms with E-state index in [4.69, 9.17) is 10.5 Å². The molecular formula is C26H27F2N7O3. The molecule has 3 heterocycles. The normalized spacial score (nSPS) is 21.3. The first-order chi connectivity index (χ1) is 18.2. The number of nitrogens with two attached hydrogens (primary N) is 1. The number of aromatic nitrogens is 4. The third kappa shape index (κ3) is 4.82. The molecule has 1 aliphatic rings. The lowest BCUT2D eigenvalue weighted by molar-refractivity contribution is 0.149. The summed E-state index contributed by atoms with van der Waals surface area (Å²) < 4.78 is 35.1. The zero-order chi connectivity index (χ0) is 27.0. The number of ether oxygens (including phenoxy) is 1. The Morgan fingerprint density at radius 1 is 1.18 bits per heavy atom. The molecule has 10 nitrogen and oxygen atoms in total. The maximum Gasteiger partial charge on any atom is 0.407 e. The fourth-order valence-corrected chi connectivity index (χ4v) is 5.18. The summed E-state index contributed by atoms with van der Waals surface area (Å²) in [6, 6.07) is 6.22. The second-order valence-corrected chi connectivity index (χ2v) is 9.48. The average molecular weight is 524 g/mol. The van der Waals surface area contributed by atoms with Crippen LogP contribution in [0.15, 0.2) is 48.9 Å². The van der Waals surface area contributed by atoms with Crippen LogP contribution in [-0.2, 0) is 4.74 Å². The predicted octanol–water partition coefficient (Wildman–Crippen LogP) is 4.08. The van der Waals surface area contributed by atoms with Gasteiger partial charge in [0.1, 0.15) is 17.4 Å². The van der Waals surface area contributed by atoms with Crippen molar-refractivity contribution in [1.29, 1.82) is 0 Å². The van der Waals surface area contributed by atoms with Crippen molar-refractivity contribution in [3.05, 3.63) is 66.1 Å². The van der Waals surface area contributed by atoms with Crippen LogP contribution in [0.2, 0.25) is 0 Å². The molecule has 4 atom stereocenters. The van der Waals surface area contributed by atoms with Gasteiger partial charge in [0.25, 0.3) is 0 Å². The molecule has 1 fully saturated rings. The number of nitrogens with zero attached hydrogens (tertiary/aromatic N) is 4. The Morgan fingerprint density at radius 3 is 2.66 bits per heavy atom. The highest BCUT2D eigenvalue weighted by molar-refractivity contribution is 5.68. The smallest absolute Gasteiger partial charge is 0.407 e. The first kappa shape index (κ1) is 25.3. The summed E-state index contributed by atoms with van der Waals surface area (Å²) >= 11 is 0. The molecule has 38 heavy (non-hydrogen) atoms. The number of phenolic OH excluding ortho intramolecular Hbond substituents is 1. The van der Waals surface area contributed by atoms with E-state index in [-0.39, 0.29) is 35.2 Å². The number of phenols is 1. The number of hydrogen-bond acceptors (Lipinski definition) is 8. The molecule has 1 amide bonds. The van der Waals surface area contributed by atoms with Gasteiger partial charge < -0.3 is 26.2 Å². The number of methoxy groups -OCH3 is 1. The molecule has 3 aromatic heterocycles. The van der Waals surface area contributed by atoms with Crippen LogP contribution in [0.25, 0.3) is 16.8 Å². The zero-order valence-electron chi connectivity index (χ0n) is 20.7. The number of alkyl carbamates (subject to hydrolysis) is 1. The molecule has 1 saturated carbocycles. The number of rotatable bonds is 5. The Kier molecular flexibility index (Phi) is 6.81. The molecule has 0 saturated heterocycles. The van der Waals surface area contributed by atoms with Gasteiger partial charge in [0, 0.05) is 30.4 Å². The topological polar surface area (TPSA) is 140 Å². The van der Waals surface area contributed by atoms with Crippen molar-refractivity contribution in [3.63, 3.8) is 0 Å². The monoisotopic (exact) mass is 523 g/mol. The summed E-state index contributed by atoms with van der Waals surface area (Å²) in [6.45, 7) is 2.04. The first-order valence-electron chi connectivity index (χ1n) is 12.1. The van der Waals surface area contributed by atoms with Crippen molar-refractivity contribution in [2.75, 3.05) is 12.4 Å². The summed E-state index contributed by atoms with van der Waals surface area (Å²) in [5, 5.41) is 20.0. The summed E-state index contributed by atoms with van der Waals surface area (Å²) in [7, 11) is 1.32. The number of halogens is 2. The lowest BCUT2D eigenvalue weighted by Gasteiger charge is -2.39. The van der Waals surface area contributed by atoms with E-state index < -0.39 is 23.5 Å². The second kappa shape index (κ2) is 10.2. The fraction of sp³-hybridized carbons (Fsp3) is 0.308. The van der Waals surface area contributed by atoms with E-state index in [9.17, 15) is 18.7 Å². The third-order valence-electron chi connectivity index (χ3n) is 6.97. The number of aromatic hydroxyl groups is 1. The number of carbonyl (C=O) groups excluding carboxylic acids is 1. The Bertz CT molecular complexity index is 1460. The van der Waals surface area contributed by atoms with Crippen LogP contribution < -0.4 is 16.4 Å². The zero-order valence-corrected chi connectivity index (χ0v) is 20.7. The maximum atomic E-state index is 14.5. The van der Waals surface area contributed by atoms with Crippen LogP contribution in [0.1, 0.15) is 31.2 Å². The molecule has 0 aliphatic heterocycles. The van der Waals surface area contributed by atoms with Gasteiger partial charge in [-0.15, -0.1) is 0 Å². The van der Waals surface area contributed by atoms with Crippen LogP contribution in [0.5, 0.6) is 5.75 Å². The molecule has 0 unspecified atom stereocenters. The van der Waals surface area contributed by atoms with Crippen molar-refractivity contribution >= 4 is 23.2 Å². The molecule has 0 bridgehead atoms. The van der Waals surface area contributed by atoms with Crippen molar-refractivity contribution < 1.29 is 23.4 Å². The number of nitrogens with one attached hydrogen (secondary N) is 2. The molecule has 0 radical (unpaired) electrons.